The number of para-hydroxylation sites is 1. The summed E-state index contributed by atoms with van der Waals surface area (Å²) in [7, 11) is 0. The van der Waals surface area contributed by atoms with E-state index in [2.05, 4.69) is 20.8 Å². The number of nitrogens with one attached hydrogen (secondary N) is 1. The minimum atomic E-state index is -0.232. The highest BCUT2D eigenvalue weighted by Gasteiger charge is 2.08. The highest BCUT2D eigenvalue weighted by Crippen LogP contribution is 2.19. The zero-order valence-corrected chi connectivity index (χ0v) is 13.4. The van der Waals surface area contributed by atoms with Crippen LogP contribution in [0.2, 0.25) is 0 Å². The molecule has 1 N–H and O–H groups in total. The number of aromatic nitrogens is 4. The largest absolute Gasteiger partial charge is 0.483 e. The summed E-state index contributed by atoms with van der Waals surface area (Å²) < 4.78 is 7.10. The van der Waals surface area contributed by atoms with E-state index in [0.717, 1.165) is 16.8 Å². The fraction of sp³-hybridized carbons (Fsp3) is 0.176. The van der Waals surface area contributed by atoms with E-state index in [-0.39, 0.29) is 12.5 Å². The molecule has 1 amide bonds. The SMILES string of the molecule is Cc1ccccc1OCC(=O)Nc1ccc(C)c(-n2cnnn2)c1. The maximum Gasteiger partial charge on any atom is 0.262 e. The van der Waals surface area contributed by atoms with Gasteiger partial charge in [-0.25, -0.2) is 4.68 Å². The van der Waals surface area contributed by atoms with Crippen LogP contribution in [-0.4, -0.2) is 32.7 Å². The number of ether oxygens (including phenoxy) is 1. The number of anilines is 1. The highest BCUT2D eigenvalue weighted by molar-refractivity contribution is 5.92. The fourth-order valence-electron chi connectivity index (χ4n) is 2.26. The molecule has 0 saturated heterocycles. The van der Waals surface area contributed by atoms with Gasteiger partial charge in [0.2, 0.25) is 0 Å². The lowest BCUT2D eigenvalue weighted by Crippen LogP contribution is -2.20. The lowest BCUT2D eigenvalue weighted by atomic mass is 10.2. The Hall–Kier alpha value is -3.22. The standard InChI is InChI=1S/C17H17N5O2/c1-12-7-8-14(9-15(12)22-11-18-20-21-22)19-17(23)10-24-16-6-4-3-5-13(16)2/h3-9,11H,10H2,1-2H3,(H,19,23). The predicted octanol–water partition coefficient (Wildman–Crippen LogP) is 2.30. The van der Waals surface area contributed by atoms with Crippen LogP contribution in [0.4, 0.5) is 5.69 Å². The number of aryl methyl sites for hydroxylation is 2. The molecule has 0 bridgehead atoms. The van der Waals surface area contributed by atoms with Gasteiger partial charge < -0.3 is 10.1 Å². The first-order valence-electron chi connectivity index (χ1n) is 7.46. The van der Waals surface area contributed by atoms with Crippen LogP contribution >= 0.6 is 0 Å². The molecule has 3 aromatic rings. The molecule has 0 spiro atoms. The van der Waals surface area contributed by atoms with Crippen molar-refractivity contribution in [2.45, 2.75) is 13.8 Å². The topological polar surface area (TPSA) is 81.9 Å². The average molecular weight is 323 g/mol. The van der Waals surface area contributed by atoms with Gasteiger partial charge in [-0.05, 0) is 53.6 Å². The number of hydrogen-bond acceptors (Lipinski definition) is 5. The second-order valence-electron chi connectivity index (χ2n) is 5.36. The number of amides is 1. The summed E-state index contributed by atoms with van der Waals surface area (Å²) in [4.78, 5) is 12.1. The molecule has 0 radical (unpaired) electrons. The molecule has 1 heterocycles. The Balaban J connectivity index is 1.67. The second-order valence-corrected chi connectivity index (χ2v) is 5.36. The Morgan fingerprint density at radius 3 is 2.75 bits per heavy atom. The summed E-state index contributed by atoms with van der Waals surface area (Å²) in [5.41, 5.74) is 3.44. The van der Waals surface area contributed by atoms with Crippen molar-refractivity contribution in [3.8, 4) is 11.4 Å². The molecular weight excluding hydrogens is 306 g/mol. The number of carbonyl (C=O) groups is 1. The summed E-state index contributed by atoms with van der Waals surface area (Å²) in [5.74, 6) is 0.468. The van der Waals surface area contributed by atoms with Crippen LogP contribution in [0, 0.1) is 13.8 Å². The first kappa shape index (κ1) is 15.7. The molecule has 7 nitrogen and oxygen atoms in total. The van der Waals surface area contributed by atoms with Gasteiger partial charge >= 0.3 is 0 Å². The van der Waals surface area contributed by atoms with E-state index in [1.54, 1.807) is 4.68 Å². The smallest absolute Gasteiger partial charge is 0.262 e. The molecule has 3 rings (SSSR count). The first-order valence-corrected chi connectivity index (χ1v) is 7.46. The van der Waals surface area contributed by atoms with Crippen molar-refractivity contribution in [2.24, 2.45) is 0 Å². The van der Waals surface area contributed by atoms with Gasteiger partial charge in [-0.1, -0.05) is 24.3 Å². The zero-order valence-electron chi connectivity index (χ0n) is 13.4. The van der Waals surface area contributed by atoms with Gasteiger partial charge in [-0.3, -0.25) is 4.79 Å². The molecule has 0 unspecified atom stereocenters. The number of tetrazole rings is 1. The maximum atomic E-state index is 12.1. The molecule has 0 aliphatic rings. The van der Waals surface area contributed by atoms with E-state index in [4.69, 9.17) is 4.74 Å². The summed E-state index contributed by atoms with van der Waals surface area (Å²) >= 11 is 0. The molecule has 0 atom stereocenters. The van der Waals surface area contributed by atoms with Crippen LogP contribution in [0.1, 0.15) is 11.1 Å². The highest BCUT2D eigenvalue weighted by atomic mass is 16.5. The average Bonchev–Trinajstić information content (AvgIpc) is 3.10. The van der Waals surface area contributed by atoms with Crippen LogP contribution in [0.5, 0.6) is 5.75 Å². The van der Waals surface area contributed by atoms with Gasteiger partial charge in [0.1, 0.15) is 12.1 Å². The van der Waals surface area contributed by atoms with Gasteiger partial charge in [-0.2, -0.15) is 0 Å². The summed E-state index contributed by atoms with van der Waals surface area (Å²) in [5, 5.41) is 13.9. The molecule has 122 valence electrons. The second kappa shape index (κ2) is 6.91. The third kappa shape index (κ3) is 3.57. The van der Waals surface area contributed by atoms with Crippen molar-refractivity contribution in [2.75, 3.05) is 11.9 Å². The van der Waals surface area contributed by atoms with Crippen molar-refractivity contribution < 1.29 is 9.53 Å². The minimum absolute atomic E-state index is 0.0566. The molecule has 0 fully saturated rings. The van der Waals surface area contributed by atoms with E-state index in [1.807, 2.05) is 56.3 Å². The Morgan fingerprint density at radius 1 is 1.17 bits per heavy atom. The fourth-order valence-corrected chi connectivity index (χ4v) is 2.26. The zero-order chi connectivity index (χ0) is 16.9. The maximum absolute atomic E-state index is 12.1. The minimum Gasteiger partial charge on any atom is -0.483 e. The van der Waals surface area contributed by atoms with Gasteiger partial charge in [0.25, 0.3) is 5.91 Å². The van der Waals surface area contributed by atoms with E-state index in [9.17, 15) is 4.79 Å². The van der Waals surface area contributed by atoms with Crippen molar-refractivity contribution in [3.05, 3.63) is 59.9 Å². The summed E-state index contributed by atoms with van der Waals surface area (Å²) in [6.07, 6.45) is 1.51. The number of rotatable bonds is 5. The van der Waals surface area contributed by atoms with Crippen molar-refractivity contribution in [1.82, 2.24) is 20.2 Å². The third-order valence-electron chi connectivity index (χ3n) is 3.54. The quantitative estimate of drug-likeness (QED) is 0.779. The monoisotopic (exact) mass is 323 g/mol. The van der Waals surface area contributed by atoms with Crippen molar-refractivity contribution in [1.29, 1.82) is 0 Å². The number of benzene rings is 2. The van der Waals surface area contributed by atoms with E-state index in [1.165, 1.54) is 6.33 Å². The molecule has 0 aliphatic carbocycles. The Labute approximate surface area is 139 Å². The van der Waals surface area contributed by atoms with E-state index >= 15 is 0 Å². The molecule has 0 saturated carbocycles. The Morgan fingerprint density at radius 2 is 2.00 bits per heavy atom. The van der Waals surface area contributed by atoms with Crippen LogP contribution < -0.4 is 10.1 Å². The molecule has 7 heteroatoms. The lowest BCUT2D eigenvalue weighted by molar-refractivity contribution is -0.118. The molecule has 2 aromatic carbocycles. The van der Waals surface area contributed by atoms with Crippen LogP contribution in [0.25, 0.3) is 5.69 Å². The van der Waals surface area contributed by atoms with Crippen molar-refractivity contribution in [3.63, 3.8) is 0 Å². The van der Waals surface area contributed by atoms with Crippen molar-refractivity contribution >= 4 is 11.6 Å². The van der Waals surface area contributed by atoms with Crippen LogP contribution in [0.3, 0.4) is 0 Å². The Bertz CT molecular complexity index is 846. The number of carbonyl (C=O) groups excluding carboxylic acids is 1. The molecule has 0 aliphatic heterocycles. The number of nitrogens with zero attached hydrogens (tertiary/aromatic N) is 4. The third-order valence-corrected chi connectivity index (χ3v) is 3.54. The van der Waals surface area contributed by atoms with Crippen LogP contribution in [0.15, 0.2) is 48.8 Å². The van der Waals surface area contributed by atoms with Gasteiger partial charge in [0.05, 0.1) is 5.69 Å². The normalized spacial score (nSPS) is 10.4. The Kier molecular flexibility index (Phi) is 4.51. The van der Waals surface area contributed by atoms with Crippen LogP contribution in [-0.2, 0) is 4.79 Å². The van der Waals surface area contributed by atoms with Gasteiger partial charge in [0.15, 0.2) is 6.61 Å². The van der Waals surface area contributed by atoms with Gasteiger partial charge in [-0.15, -0.1) is 5.10 Å². The molecule has 1 aromatic heterocycles. The lowest BCUT2D eigenvalue weighted by Gasteiger charge is -2.11. The predicted molar refractivity (Wildman–Crippen MR) is 89.2 cm³/mol. The van der Waals surface area contributed by atoms with E-state index in [0.29, 0.717) is 11.4 Å². The number of hydrogen-bond donors (Lipinski definition) is 1. The summed E-state index contributed by atoms with van der Waals surface area (Å²) in [6.45, 7) is 3.83. The van der Waals surface area contributed by atoms with Gasteiger partial charge in [0, 0.05) is 5.69 Å². The summed E-state index contributed by atoms with van der Waals surface area (Å²) in [6, 6.07) is 13.1. The first-order chi connectivity index (χ1) is 11.6. The molecule has 24 heavy (non-hydrogen) atoms. The molecular formula is C17H17N5O2. The van der Waals surface area contributed by atoms with E-state index < -0.39 is 0 Å².